The summed E-state index contributed by atoms with van der Waals surface area (Å²) < 4.78 is 38.4. The maximum atomic E-state index is 12.8. The smallest absolute Gasteiger partial charge is 0.369 e. The van der Waals surface area contributed by atoms with E-state index in [2.05, 4.69) is 10.2 Å². The van der Waals surface area contributed by atoms with Gasteiger partial charge in [-0.05, 0) is 32.0 Å². The van der Waals surface area contributed by atoms with Gasteiger partial charge in [0.05, 0.1) is 11.6 Å². The number of benzene rings is 1. The van der Waals surface area contributed by atoms with Gasteiger partial charge in [0, 0.05) is 38.4 Å². The summed E-state index contributed by atoms with van der Waals surface area (Å²) in [6.45, 7) is 6.81. The number of hydrogen-bond acceptors (Lipinski definition) is 3. The van der Waals surface area contributed by atoms with Crippen LogP contribution in [0.1, 0.15) is 19.4 Å². The van der Waals surface area contributed by atoms with Gasteiger partial charge in [-0.2, -0.15) is 13.2 Å². The average molecular weight is 329 g/mol. The first-order valence-corrected chi connectivity index (χ1v) is 7.77. The van der Waals surface area contributed by atoms with Crippen LogP contribution < -0.4 is 10.2 Å². The molecule has 0 aliphatic carbocycles. The van der Waals surface area contributed by atoms with E-state index >= 15 is 0 Å². The van der Waals surface area contributed by atoms with Crippen molar-refractivity contribution < 1.29 is 18.0 Å². The van der Waals surface area contributed by atoms with Crippen LogP contribution in [-0.2, 0) is 11.0 Å². The highest BCUT2D eigenvalue weighted by atomic mass is 19.4. The molecule has 128 valence electrons. The van der Waals surface area contributed by atoms with Gasteiger partial charge in [-0.25, -0.2) is 0 Å². The van der Waals surface area contributed by atoms with Gasteiger partial charge in [-0.3, -0.25) is 9.69 Å². The van der Waals surface area contributed by atoms with E-state index in [9.17, 15) is 18.0 Å². The van der Waals surface area contributed by atoms with E-state index in [0.29, 0.717) is 38.4 Å². The highest BCUT2D eigenvalue weighted by Crippen LogP contribution is 2.31. The number of rotatable bonds is 4. The van der Waals surface area contributed by atoms with E-state index in [0.717, 1.165) is 6.07 Å². The molecule has 1 aliphatic heterocycles. The molecule has 4 nitrogen and oxygen atoms in total. The van der Waals surface area contributed by atoms with Gasteiger partial charge < -0.3 is 10.2 Å². The molecule has 1 N–H and O–H groups in total. The molecule has 23 heavy (non-hydrogen) atoms. The molecule has 1 aromatic carbocycles. The topological polar surface area (TPSA) is 35.6 Å². The lowest BCUT2D eigenvalue weighted by Crippen LogP contribution is -2.54. The molecule has 1 fully saturated rings. The molecule has 0 bridgehead atoms. The number of hydrogen-bond donors (Lipinski definition) is 1. The molecule has 7 heteroatoms. The van der Waals surface area contributed by atoms with E-state index in [1.165, 1.54) is 12.1 Å². The van der Waals surface area contributed by atoms with Crippen molar-refractivity contribution in [1.82, 2.24) is 10.2 Å². The number of likely N-dealkylation sites (N-methyl/N-ethyl adjacent to an activating group) is 1. The highest BCUT2D eigenvalue weighted by Gasteiger charge is 2.31. The molecule has 1 aromatic rings. The van der Waals surface area contributed by atoms with Gasteiger partial charge in [-0.15, -0.1) is 0 Å². The Labute approximate surface area is 134 Å². The minimum atomic E-state index is -4.33. The Hall–Kier alpha value is -1.76. The summed E-state index contributed by atoms with van der Waals surface area (Å²) in [4.78, 5) is 15.8. The molecule has 1 amide bonds. The molecular weight excluding hydrogens is 307 g/mol. The second-order valence-electron chi connectivity index (χ2n) is 5.64. The molecule has 0 spiro atoms. The third kappa shape index (κ3) is 4.37. The number of alkyl halides is 3. The van der Waals surface area contributed by atoms with E-state index in [4.69, 9.17) is 0 Å². The predicted molar refractivity (Wildman–Crippen MR) is 83.4 cm³/mol. The fourth-order valence-corrected chi connectivity index (χ4v) is 2.73. The summed E-state index contributed by atoms with van der Waals surface area (Å²) >= 11 is 0. The monoisotopic (exact) mass is 329 g/mol. The van der Waals surface area contributed by atoms with Crippen LogP contribution in [0, 0.1) is 0 Å². The Bertz CT molecular complexity index is 540. The summed E-state index contributed by atoms with van der Waals surface area (Å²) in [5.41, 5.74) is -0.0572. The van der Waals surface area contributed by atoms with Crippen LogP contribution in [0.4, 0.5) is 18.9 Å². The van der Waals surface area contributed by atoms with Crippen molar-refractivity contribution in [3.05, 3.63) is 29.8 Å². The molecule has 0 saturated carbocycles. The number of anilines is 1. The van der Waals surface area contributed by atoms with Gasteiger partial charge >= 0.3 is 6.18 Å². The number of nitrogens with zero attached hydrogens (tertiary/aromatic N) is 2. The quantitative estimate of drug-likeness (QED) is 0.921. The zero-order chi connectivity index (χ0) is 17.0. The fourth-order valence-electron chi connectivity index (χ4n) is 2.73. The lowest BCUT2D eigenvalue weighted by molar-refractivity contribution is -0.137. The first kappa shape index (κ1) is 17.6. The number of amides is 1. The molecule has 0 radical (unpaired) electrons. The van der Waals surface area contributed by atoms with Crippen LogP contribution in [0.2, 0.25) is 0 Å². The van der Waals surface area contributed by atoms with E-state index in [1.54, 1.807) is 6.07 Å². The highest BCUT2D eigenvalue weighted by molar-refractivity contribution is 5.81. The summed E-state index contributed by atoms with van der Waals surface area (Å²) in [5.74, 6) is -0.0139. The lowest BCUT2D eigenvalue weighted by atomic mass is 10.1. The van der Waals surface area contributed by atoms with Crippen molar-refractivity contribution in [2.45, 2.75) is 26.1 Å². The van der Waals surface area contributed by atoms with Crippen molar-refractivity contribution in [3.8, 4) is 0 Å². The zero-order valence-electron chi connectivity index (χ0n) is 13.4. The fraction of sp³-hybridized carbons (Fsp3) is 0.562. The van der Waals surface area contributed by atoms with Gasteiger partial charge in [0.2, 0.25) is 5.91 Å². The standard InChI is InChI=1S/C16H22F3N3O/c1-3-20-15(23)12(2)21-7-9-22(10-8-21)14-6-4-5-13(11-14)16(17,18)19/h4-6,11-12H,3,7-10H2,1-2H3,(H,20,23)/t12-/m1/s1. The van der Waals surface area contributed by atoms with Crippen LogP contribution in [0.25, 0.3) is 0 Å². The van der Waals surface area contributed by atoms with Crippen LogP contribution in [-0.4, -0.2) is 49.6 Å². The van der Waals surface area contributed by atoms with Crippen molar-refractivity contribution in [2.24, 2.45) is 0 Å². The maximum Gasteiger partial charge on any atom is 0.416 e. The SMILES string of the molecule is CCNC(=O)[C@@H](C)N1CCN(c2cccc(C(F)(F)F)c2)CC1. The third-order valence-corrected chi connectivity index (χ3v) is 4.13. The first-order valence-electron chi connectivity index (χ1n) is 7.77. The van der Waals surface area contributed by atoms with Crippen molar-refractivity contribution in [1.29, 1.82) is 0 Å². The summed E-state index contributed by atoms with van der Waals surface area (Å²) in [6, 6.07) is 5.17. The van der Waals surface area contributed by atoms with Gasteiger partial charge in [0.15, 0.2) is 0 Å². The van der Waals surface area contributed by atoms with Crippen LogP contribution in [0.3, 0.4) is 0 Å². The van der Waals surface area contributed by atoms with E-state index < -0.39 is 11.7 Å². The molecule has 2 rings (SSSR count). The molecular formula is C16H22F3N3O. The Morgan fingerprint density at radius 1 is 1.26 bits per heavy atom. The Balaban J connectivity index is 1.98. The summed E-state index contributed by atoms with van der Waals surface area (Å²) in [5, 5.41) is 2.79. The first-order chi connectivity index (χ1) is 10.8. The number of carbonyl (C=O) groups excluding carboxylic acids is 1. The van der Waals surface area contributed by atoms with Crippen molar-refractivity contribution >= 4 is 11.6 Å². The second-order valence-corrected chi connectivity index (χ2v) is 5.64. The molecule has 0 aromatic heterocycles. The number of piperazine rings is 1. The van der Waals surface area contributed by atoms with Crippen molar-refractivity contribution in [3.63, 3.8) is 0 Å². The number of carbonyl (C=O) groups is 1. The van der Waals surface area contributed by atoms with E-state index in [-0.39, 0.29) is 11.9 Å². The zero-order valence-corrected chi connectivity index (χ0v) is 13.4. The number of nitrogens with one attached hydrogen (secondary N) is 1. The predicted octanol–water partition coefficient (Wildman–Crippen LogP) is 2.35. The van der Waals surface area contributed by atoms with E-state index in [1.807, 2.05) is 18.7 Å². The maximum absolute atomic E-state index is 12.8. The summed E-state index contributed by atoms with van der Waals surface area (Å²) in [6.07, 6.45) is -4.33. The lowest BCUT2D eigenvalue weighted by Gasteiger charge is -2.38. The molecule has 1 atom stereocenters. The Kier molecular flexibility index (Phi) is 5.51. The van der Waals surface area contributed by atoms with Gasteiger partial charge in [0.25, 0.3) is 0 Å². The normalized spacial score (nSPS) is 17.9. The average Bonchev–Trinajstić information content (AvgIpc) is 2.54. The van der Waals surface area contributed by atoms with Gasteiger partial charge in [-0.1, -0.05) is 6.07 Å². The minimum absolute atomic E-state index is 0.0139. The molecule has 1 saturated heterocycles. The third-order valence-electron chi connectivity index (χ3n) is 4.13. The summed E-state index contributed by atoms with van der Waals surface area (Å²) in [7, 11) is 0. The van der Waals surface area contributed by atoms with Crippen molar-refractivity contribution in [2.75, 3.05) is 37.6 Å². The Morgan fingerprint density at radius 3 is 2.48 bits per heavy atom. The van der Waals surface area contributed by atoms with Crippen LogP contribution >= 0.6 is 0 Å². The molecule has 1 aliphatic rings. The second kappa shape index (κ2) is 7.21. The molecule has 1 heterocycles. The Morgan fingerprint density at radius 2 is 1.91 bits per heavy atom. The largest absolute Gasteiger partial charge is 0.416 e. The van der Waals surface area contributed by atoms with Gasteiger partial charge in [0.1, 0.15) is 0 Å². The minimum Gasteiger partial charge on any atom is -0.369 e. The van der Waals surface area contributed by atoms with Crippen LogP contribution in [0.5, 0.6) is 0 Å². The number of halogens is 3. The molecule has 0 unspecified atom stereocenters. The van der Waals surface area contributed by atoms with Crippen LogP contribution in [0.15, 0.2) is 24.3 Å².